The van der Waals surface area contributed by atoms with Crippen LogP contribution in [0.3, 0.4) is 0 Å². The SMILES string of the molecule is CCn1nncc1C(=O)N1CC(C)OC(c2ccc(F)cc2)C1. The molecular formula is C16H19FN4O2. The number of halogens is 1. The van der Waals surface area contributed by atoms with Gasteiger partial charge in [0.15, 0.2) is 0 Å². The van der Waals surface area contributed by atoms with Gasteiger partial charge in [0.05, 0.1) is 18.8 Å². The molecule has 2 atom stereocenters. The highest BCUT2D eigenvalue weighted by atomic mass is 19.1. The molecule has 0 aliphatic carbocycles. The van der Waals surface area contributed by atoms with Gasteiger partial charge in [-0.1, -0.05) is 17.3 Å². The Labute approximate surface area is 133 Å². The highest BCUT2D eigenvalue weighted by molar-refractivity contribution is 5.92. The van der Waals surface area contributed by atoms with Crippen molar-refractivity contribution in [3.63, 3.8) is 0 Å². The Morgan fingerprint density at radius 1 is 1.35 bits per heavy atom. The Morgan fingerprint density at radius 2 is 2.09 bits per heavy atom. The van der Waals surface area contributed by atoms with E-state index in [9.17, 15) is 9.18 Å². The molecule has 23 heavy (non-hydrogen) atoms. The fraction of sp³-hybridized carbons (Fsp3) is 0.438. The van der Waals surface area contributed by atoms with E-state index in [1.165, 1.54) is 18.3 Å². The minimum atomic E-state index is -0.288. The summed E-state index contributed by atoms with van der Waals surface area (Å²) in [6, 6.07) is 6.19. The molecule has 7 heteroatoms. The number of amides is 1. The van der Waals surface area contributed by atoms with Crippen molar-refractivity contribution in [1.82, 2.24) is 19.9 Å². The first kappa shape index (κ1) is 15.6. The summed E-state index contributed by atoms with van der Waals surface area (Å²) < 4.78 is 20.6. The second kappa shape index (κ2) is 6.45. The van der Waals surface area contributed by atoms with Gasteiger partial charge in [-0.05, 0) is 31.5 Å². The summed E-state index contributed by atoms with van der Waals surface area (Å²) in [7, 11) is 0. The molecule has 0 spiro atoms. The average molecular weight is 318 g/mol. The summed E-state index contributed by atoms with van der Waals surface area (Å²) >= 11 is 0. The lowest BCUT2D eigenvalue weighted by molar-refractivity contribution is -0.0694. The number of carbonyl (C=O) groups is 1. The van der Waals surface area contributed by atoms with Gasteiger partial charge < -0.3 is 9.64 Å². The highest BCUT2D eigenvalue weighted by Crippen LogP contribution is 2.26. The van der Waals surface area contributed by atoms with Gasteiger partial charge in [-0.2, -0.15) is 0 Å². The van der Waals surface area contributed by atoms with E-state index >= 15 is 0 Å². The third kappa shape index (κ3) is 3.24. The molecule has 0 bridgehead atoms. The van der Waals surface area contributed by atoms with Crippen LogP contribution >= 0.6 is 0 Å². The Bertz CT molecular complexity index is 686. The zero-order valence-electron chi connectivity index (χ0n) is 13.1. The summed E-state index contributed by atoms with van der Waals surface area (Å²) in [4.78, 5) is 14.5. The summed E-state index contributed by atoms with van der Waals surface area (Å²) in [6.07, 6.45) is 1.11. The molecule has 1 saturated heterocycles. The number of hydrogen-bond donors (Lipinski definition) is 0. The van der Waals surface area contributed by atoms with Crippen molar-refractivity contribution in [2.24, 2.45) is 0 Å². The Kier molecular flexibility index (Phi) is 4.38. The van der Waals surface area contributed by atoms with Crippen molar-refractivity contribution in [3.05, 3.63) is 47.5 Å². The number of nitrogens with zero attached hydrogens (tertiary/aromatic N) is 4. The molecule has 1 aliphatic rings. The number of hydrogen-bond acceptors (Lipinski definition) is 4. The third-order valence-corrected chi connectivity index (χ3v) is 3.93. The predicted octanol–water partition coefficient (Wildman–Crippen LogP) is 2.04. The van der Waals surface area contributed by atoms with Crippen LogP contribution in [0.1, 0.15) is 36.0 Å². The van der Waals surface area contributed by atoms with Crippen LogP contribution in [-0.4, -0.2) is 45.0 Å². The average Bonchev–Trinajstić information content (AvgIpc) is 3.02. The molecule has 2 heterocycles. The lowest BCUT2D eigenvalue weighted by atomic mass is 10.1. The van der Waals surface area contributed by atoms with E-state index < -0.39 is 0 Å². The Balaban J connectivity index is 1.80. The number of ether oxygens (including phenoxy) is 1. The van der Waals surface area contributed by atoms with E-state index in [1.807, 2.05) is 13.8 Å². The van der Waals surface area contributed by atoms with Gasteiger partial charge in [-0.15, -0.1) is 5.10 Å². The second-order valence-corrected chi connectivity index (χ2v) is 5.63. The molecule has 2 unspecified atom stereocenters. The van der Waals surface area contributed by atoms with Crippen LogP contribution < -0.4 is 0 Å². The zero-order valence-corrected chi connectivity index (χ0v) is 13.1. The predicted molar refractivity (Wildman–Crippen MR) is 81.3 cm³/mol. The maximum absolute atomic E-state index is 13.1. The van der Waals surface area contributed by atoms with E-state index in [-0.39, 0.29) is 23.9 Å². The smallest absolute Gasteiger partial charge is 0.273 e. The first-order valence-electron chi connectivity index (χ1n) is 7.67. The first-order chi connectivity index (χ1) is 11.1. The van der Waals surface area contributed by atoms with Crippen molar-refractivity contribution in [3.8, 4) is 0 Å². The topological polar surface area (TPSA) is 60.2 Å². The number of morpholine rings is 1. The molecular weight excluding hydrogens is 299 g/mol. The number of aromatic nitrogens is 3. The zero-order chi connectivity index (χ0) is 16.4. The van der Waals surface area contributed by atoms with Crippen LogP contribution in [0.15, 0.2) is 30.5 Å². The fourth-order valence-electron chi connectivity index (χ4n) is 2.80. The monoisotopic (exact) mass is 318 g/mol. The minimum Gasteiger partial charge on any atom is -0.367 e. The number of benzene rings is 1. The van der Waals surface area contributed by atoms with Crippen molar-refractivity contribution < 1.29 is 13.9 Å². The number of carbonyl (C=O) groups excluding carboxylic acids is 1. The van der Waals surface area contributed by atoms with Crippen LogP contribution in [0.2, 0.25) is 0 Å². The van der Waals surface area contributed by atoms with Gasteiger partial charge in [0, 0.05) is 13.1 Å². The molecule has 0 radical (unpaired) electrons. The molecule has 122 valence electrons. The molecule has 1 amide bonds. The molecule has 3 rings (SSSR count). The second-order valence-electron chi connectivity index (χ2n) is 5.63. The molecule has 1 aliphatic heterocycles. The van der Waals surface area contributed by atoms with E-state index in [0.717, 1.165) is 5.56 Å². The van der Waals surface area contributed by atoms with Crippen LogP contribution in [-0.2, 0) is 11.3 Å². The quantitative estimate of drug-likeness (QED) is 0.869. The molecule has 2 aromatic rings. The van der Waals surface area contributed by atoms with Crippen molar-refractivity contribution in [2.75, 3.05) is 13.1 Å². The number of aryl methyl sites for hydroxylation is 1. The van der Waals surface area contributed by atoms with E-state index in [1.54, 1.807) is 21.7 Å². The molecule has 1 aromatic heterocycles. The van der Waals surface area contributed by atoms with Crippen LogP contribution in [0.5, 0.6) is 0 Å². The van der Waals surface area contributed by atoms with Crippen LogP contribution in [0.4, 0.5) is 4.39 Å². The standard InChI is InChI=1S/C16H19FN4O2/c1-3-21-14(8-18-19-21)16(22)20-9-11(2)23-15(10-20)12-4-6-13(17)7-5-12/h4-8,11,15H,3,9-10H2,1-2H3. The Hall–Kier alpha value is -2.28. The van der Waals surface area contributed by atoms with Crippen LogP contribution in [0, 0.1) is 5.82 Å². The van der Waals surface area contributed by atoms with E-state index in [0.29, 0.717) is 25.3 Å². The molecule has 1 aromatic carbocycles. The molecule has 1 fully saturated rings. The fourth-order valence-corrected chi connectivity index (χ4v) is 2.80. The van der Waals surface area contributed by atoms with Gasteiger partial charge in [0.25, 0.3) is 5.91 Å². The lowest BCUT2D eigenvalue weighted by Crippen LogP contribution is -2.46. The van der Waals surface area contributed by atoms with E-state index in [2.05, 4.69) is 10.3 Å². The first-order valence-corrected chi connectivity index (χ1v) is 7.67. The molecule has 0 N–H and O–H groups in total. The van der Waals surface area contributed by atoms with Gasteiger partial charge in [-0.25, -0.2) is 9.07 Å². The van der Waals surface area contributed by atoms with Gasteiger partial charge in [0.1, 0.15) is 17.6 Å². The van der Waals surface area contributed by atoms with Crippen molar-refractivity contribution >= 4 is 5.91 Å². The normalized spacial score (nSPS) is 21.4. The van der Waals surface area contributed by atoms with Gasteiger partial charge in [0.2, 0.25) is 0 Å². The lowest BCUT2D eigenvalue weighted by Gasteiger charge is -2.37. The van der Waals surface area contributed by atoms with Crippen molar-refractivity contribution in [1.29, 1.82) is 0 Å². The minimum absolute atomic E-state index is 0.103. The van der Waals surface area contributed by atoms with Gasteiger partial charge in [-0.3, -0.25) is 4.79 Å². The molecule has 0 saturated carbocycles. The van der Waals surface area contributed by atoms with Crippen molar-refractivity contribution in [2.45, 2.75) is 32.6 Å². The maximum Gasteiger partial charge on any atom is 0.273 e. The summed E-state index contributed by atoms with van der Waals surface area (Å²) in [5.41, 5.74) is 1.33. The summed E-state index contributed by atoms with van der Waals surface area (Å²) in [5.74, 6) is -0.400. The summed E-state index contributed by atoms with van der Waals surface area (Å²) in [5, 5.41) is 7.71. The van der Waals surface area contributed by atoms with Gasteiger partial charge >= 0.3 is 0 Å². The highest BCUT2D eigenvalue weighted by Gasteiger charge is 2.31. The van der Waals surface area contributed by atoms with Crippen LogP contribution in [0.25, 0.3) is 0 Å². The maximum atomic E-state index is 13.1. The summed E-state index contributed by atoms with van der Waals surface area (Å²) in [6.45, 7) is 5.34. The molecule has 6 nitrogen and oxygen atoms in total. The Morgan fingerprint density at radius 3 is 2.78 bits per heavy atom. The third-order valence-electron chi connectivity index (χ3n) is 3.93. The van der Waals surface area contributed by atoms with E-state index in [4.69, 9.17) is 4.74 Å². The largest absolute Gasteiger partial charge is 0.367 e. The number of rotatable bonds is 3.